The van der Waals surface area contributed by atoms with Crippen molar-refractivity contribution < 1.29 is 14.5 Å². The van der Waals surface area contributed by atoms with Gasteiger partial charge in [0, 0.05) is 69.4 Å². The third-order valence-corrected chi connectivity index (χ3v) is 6.95. The summed E-state index contributed by atoms with van der Waals surface area (Å²) in [5.74, 6) is 0.450. The summed E-state index contributed by atoms with van der Waals surface area (Å²) in [6.45, 7) is 1.98. The lowest BCUT2D eigenvalue weighted by molar-refractivity contribution is -0.384. The lowest BCUT2D eigenvalue weighted by Crippen LogP contribution is -2.21. The van der Waals surface area contributed by atoms with E-state index in [-0.39, 0.29) is 11.6 Å². The molecule has 0 spiro atoms. The van der Waals surface area contributed by atoms with Crippen LogP contribution in [0.1, 0.15) is 28.2 Å². The molecule has 2 N–H and O–H groups in total. The number of urea groups is 1. The molecule has 0 fully saturated rings. The highest BCUT2D eigenvalue weighted by molar-refractivity contribution is 6.00. The molecule has 0 saturated heterocycles. The number of nitrogens with one attached hydrogen (secondary N) is 2. The van der Waals surface area contributed by atoms with Crippen molar-refractivity contribution in [2.75, 3.05) is 55.7 Å². The highest BCUT2D eigenvalue weighted by atomic mass is 16.6. The summed E-state index contributed by atoms with van der Waals surface area (Å²) in [4.78, 5) is 27.8. The van der Waals surface area contributed by atoms with Crippen LogP contribution >= 0.6 is 0 Å². The number of carbonyl (C=O) groups is 1. The van der Waals surface area contributed by atoms with Crippen molar-refractivity contribution in [3.8, 4) is 5.75 Å². The molecule has 0 atom stereocenters. The van der Waals surface area contributed by atoms with Gasteiger partial charge in [0.2, 0.25) is 0 Å². The van der Waals surface area contributed by atoms with Crippen LogP contribution in [-0.2, 0) is 0 Å². The summed E-state index contributed by atoms with van der Waals surface area (Å²) in [6.07, 6.45) is 0. The van der Waals surface area contributed by atoms with Gasteiger partial charge in [0.15, 0.2) is 0 Å². The van der Waals surface area contributed by atoms with Gasteiger partial charge in [-0.1, -0.05) is 24.3 Å². The Morgan fingerprint density at radius 2 is 1.32 bits per heavy atom. The van der Waals surface area contributed by atoms with Gasteiger partial charge < -0.3 is 25.2 Å². The lowest BCUT2D eigenvalue weighted by Gasteiger charge is -2.25. The minimum Gasteiger partial charge on any atom is -0.496 e. The highest BCUT2D eigenvalue weighted by Gasteiger charge is 2.23. The molecule has 0 aromatic heterocycles. The van der Waals surface area contributed by atoms with E-state index in [1.54, 1.807) is 7.11 Å². The van der Waals surface area contributed by atoms with Crippen LogP contribution in [-0.4, -0.2) is 46.3 Å². The number of nitro groups is 1. The van der Waals surface area contributed by atoms with Gasteiger partial charge in [-0.3, -0.25) is 10.1 Å². The van der Waals surface area contributed by atoms with E-state index in [4.69, 9.17) is 4.74 Å². The van der Waals surface area contributed by atoms with Crippen molar-refractivity contribution in [1.29, 1.82) is 0 Å². The van der Waals surface area contributed by atoms with Crippen LogP contribution in [0.15, 0.2) is 84.9 Å². The summed E-state index contributed by atoms with van der Waals surface area (Å²) in [7, 11) is 9.62. The van der Waals surface area contributed by atoms with Crippen LogP contribution in [0.4, 0.5) is 33.2 Å². The zero-order chi connectivity index (χ0) is 29.7. The number of amides is 2. The zero-order valence-corrected chi connectivity index (χ0v) is 24.1. The minimum absolute atomic E-state index is 0.0510. The van der Waals surface area contributed by atoms with Gasteiger partial charge in [0.05, 0.1) is 17.7 Å². The topological polar surface area (TPSA) is 100.0 Å². The van der Waals surface area contributed by atoms with Gasteiger partial charge in [-0.2, -0.15) is 0 Å². The number of non-ortho nitro benzene ring substituents is 1. The number of hydrogen-bond acceptors (Lipinski definition) is 6. The van der Waals surface area contributed by atoms with Crippen LogP contribution in [0.25, 0.3) is 0 Å². The Morgan fingerprint density at radius 3 is 1.76 bits per heavy atom. The molecule has 9 heteroatoms. The van der Waals surface area contributed by atoms with Crippen molar-refractivity contribution in [3.05, 3.63) is 117 Å². The molecule has 9 nitrogen and oxygen atoms in total. The third-order valence-electron chi connectivity index (χ3n) is 6.95. The molecule has 0 bridgehead atoms. The average molecular weight is 554 g/mol. The molecule has 4 aromatic rings. The average Bonchev–Trinajstić information content (AvgIpc) is 2.95. The maximum atomic E-state index is 13.2. The molecule has 4 rings (SSSR count). The summed E-state index contributed by atoms with van der Waals surface area (Å²) >= 11 is 0. The van der Waals surface area contributed by atoms with E-state index in [9.17, 15) is 14.9 Å². The number of rotatable bonds is 9. The second-order valence-electron chi connectivity index (χ2n) is 10.2. The Morgan fingerprint density at radius 1 is 0.805 bits per heavy atom. The van der Waals surface area contributed by atoms with E-state index in [1.807, 2.05) is 47.2 Å². The minimum atomic E-state index is -0.481. The van der Waals surface area contributed by atoms with Crippen LogP contribution in [0.2, 0.25) is 0 Å². The predicted octanol–water partition coefficient (Wildman–Crippen LogP) is 6.87. The molecule has 0 saturated carbocycles. The number of carbonyl (C=O) groups excluding carboxylic acids is 1. The van der Waals surface area contributed by atoms with Gasteiger partial charge in [-0.15, -0.1) is 0 Å². The molecule has 41 heavy (non-hydrogen) atoms. The summed E-state index contributed by atoms with van der Waals surface area (Å²) in [6, 6.07) is 25.9. The number of anilines is 4. The summed E-state index contributed by atoms with van der Waals surface area (Å²) in [5, 5.41) is 16.8. The first-order valence-corrected chi connectivity index (χ1v) is 13.1. The monoisotopic (exact) mass is 553 g/mol. The number of benzene rings is 4. The Balaban J connectivity index is 1.78. The van der Waals surface area contributed by atoms with E-state index in [0.29, 0.717) is 17.1 Å². The van der Waals surface area contributed by atoms with Crippen LogP contribution in [0, 0.1) is 17.0 Å². The zero-order valence-electron chi connectivity index (χ0n) is 24.1. The first-order chi connectivity index (χ1) is 19.6. The van der Waals surface area contributed by atoms with Crippen molar-refractivity contribution in [2.45, 2.75) is 12.8 Å². The first kappa shape index (κ1) is 28.9. The maximum absolute atomic E-state index is 13.2. The van der Waals surface area contributed by atoms with E-state index in [1.165, 1.54) is 24.3 Å². The summed E-state index contributed by atoms with van der Waals surface area (Å²) < 4.78 is 5.60. The fourth-order valence-corrected chi connectivity index (χ4v) is 4.71. The quantitative estimate of drug-likeness (QED) is 0.133. The van der Waals surface area contributed by atoms with Crippen molar-refractivity contribution >= 4 is 34.5 Å². The smallest absolute Gasteiger partial charge is 0.323 e. The molecule has 0 radical (unpaired) electrons. The van der Waals surface area contributed by atoms with Crippen LogP contribution in [0.3, 0.4) is 0 Å². The molecule has 0 aliphatic carbocycles. The summed E-state index contributed by atoms with van der Waals surface area (Å²) in [5.41, 5.74) is 7.11. The van der Waals surface area contributed by atoms with Crippen LogP contribution in [0.5, 0.6) is 5.75 Å². The first-order valence-electron chi connectivity index (χ1n) is 13.1. The number of methoxy groups -OCH3 is 1. The number of hydrogen-bond donors (Lipinski definition) is 2. The van der Waals surface area contributed by atoms with Gasteiger partial charge in [-0.25, -0.2) is 4.79 Å². The molecule has 2 amide bonds. The molecule has 0 unspecified atom stereocenters. The second kappa shape index (κ2) is 12.4. The molecule has 0 heterocycles. The Hall–Kier alpha value is -5.05. The van der Waals surface area contributed by atoms with E-state index in [0.717, 1.165) is 33.6 Å². The van der Waals surface area contributed by atoms with Gasteiger partial charge >= 0.3 is 6.03 Å². The van der Waals surface area contributed by atoms with Crippen molar-refractivity contribution in [3.63, 3.8) is 0 Å². The van der Waals surface area contributed by atoms with Crippen LogP contribution < -0.4 is 25.2 Å². The predicted molar refractivity (Wildman–Crippen MR) is 166 cm³/mol. The van der Waals surface area contributed by atoms with E-state index < -0.39 is 11.0 Å². The molecule has 0 aliphatic rings. The maximum Gasteiger partial charge on any atom is 0.323 e. The van der Waals surface area contributed by atoms with Crippen molar-refractivity contribution in [2.24, 2.45) is 0 Å². The van der Waals surface area contributed by atoms with Gasteiger partial charge in [-0.05, 0) is 71.6 Å². The number of ether oxygens (including phenoxy) is 1. The number of nitro benzene ring substituents is 1. The standard InChI is InChI=1S/C32H35N5O4/c1-21-19-28(29(20-30(21)41-6)34-32(38)33-24-11-17-27(18-12-24)37(39)40)31(22-7-13-25(14-8-22)35(2)3)23-9-15-26(16-10-23)36(4)5/h7-20,31H,1-6H3,(H2,33,34,38). The van der Waals surface area contributed by atoms with Gasteiger partial charge in [0.1, 0.15) is 5.75 Å². The van der Waals surface area contributed by atoms with Gasteiger partial charge in [0.25, 0.3) is 5.69 Å². The van der Waals surface area contributed by atoms with E-state index >= 15 is 0 Å². The third kappa shape index (κ3) is 6.75. The van der Waals surface area contributed by atoms with Crippen molar-refractivity contribution in [1.82, 2.24) is 0 Å². The van der Waals surface area contributed by atoms with E-state index in [2.05, 4.69) is 69.0 Å². The Kier molecular flexibility index (Phi) is 8.77. The Labute approximate surface area is 240 Å². The molecule has 4 aromatic carbocycles. The fraction of sp³-hybridized carbons (Fsp3) is 0.219. The fourth-order valence-electron chi connectivity index (χ4n) is 4.71. The Bertz CT molecular complexity index is 1460. The lowest BCUT2D eigenvalue weighted by atomic mass is 9.83. The molecule has 0 aliphatic heterocycles. The normalized spacial score (nSPS) is 10.7. The second-order valence-corrected chi connectivity index (χ2v) is 10.2. The number of aryl methyl sites for hydroxylation is 1. The highest BCUT2D eigenvalue weighted by Crippen LogP contribution is 2.40. The molecule has 212 valence electrons. The molecular weight excluding hydrogens is 518 g/mol. The molecular formula is C32H35N5O4. The largest absolute Gasteiger partial charge is 0.496 e. The number of nitrogens with zero attached hydrogens (tertiary/aromatic N) is 3. The SMILES string of the molecule is COc1cc(NC(=O)Nc2ccc([N+](=O)[O-])cc2)c(C(c2ccc(N(C)C)cc2)c2ccc(N(C)C)cc2)cc1C.